The van der Waals surface area contributed by atoms with Gasteiger partial charge in [-0.3, -0.25) is 9.69 Å². The Morgan fingerprint density at radius 2 is 1.75 bits per heavy atom. The number of benzene rings is 1. The number of nitrogens with zero attached hydrogens (tertiary/aromatic N) is 2. The van der Waals surface area contributed by atoms with Crippen LogP contribution in [0.25, 0.3) is 0 Å². The van der Waals surface area contributed by atoms with Crippen molar-refractivity contribution in [2.45, 2.75) is 70.2 Å². The molecule has 158 valence electrons. The molecule has 0 radical (unpaired) electrons. The van der Waals surface area contributed by atoms with E-state index in [0.717, 1.165) is 38.5 Å². The fourth-order valence-corrected chi connectivity index (χ4v) is 5.61. The van der Waals surface area contributed by atoms with Gasteiger partial charge >= 0.3 is 0 Å². The van der Waals surface area contributed by atoms with Crippen molar-refractivity contribution in [1.29, 1.82) is 0 Å². The van der Waals surface area contributed by atoms with E-state index in [1.807, 2.05) is 11.9 Å². The molecule has 1 aromatic carbocycles. The Kier molecular flexibility index (Phi) is 8.46. The van der Waals surface area contributed by atoms with Gasteiger partial charge in [0.2, 0.25) is 15.9 Å². The molecule has 0 aliphatic carbocycles. The molecule has 7 heteroatoms. The normalized spacial score (nSPS) is 16.4. The minimum atomic E-state index is -3.55. The Morgan fingerprint density at radius 3 is 2.32 bits per heavy atom. The number of likely N-dealkylation sites (N-methyl/N-ethyl adjacent to an activating group) is 1. The molecule has 28 heavy (non-hydrogen) atoms. The van der Waals surface area contributed by atoms with E-state index in [2.05, 4.69) is 19.2 Å². The molecule has 1 aliphatic heterocycles. The lowest BCUT2D eigenvalue weighted by Gasteiger charge is -2.25. The van der Waals surface area contributed by atoms with Gasteiger partial charge in [-0.05, 0) is 57.4 Å². The maximum Gasteiger partial charge on any atom is 0.243 e. The van der Waals surface area contributed by atoms with Crippen molar-refractivity contribution >= 4 is 21.6 Å². The molecule has 1 aromatic rings. The lowest BCUT2D eigenvalue weighted by Crippen LogP contribution is -2.37. The second kappa shape index (κ2) is 10.4. The van der Waals surface area contributed by atoms with E-state index in [9.17, 15) is 13.2 Å². The molecule has 0 spiro atoms. The van der Waals surface area contributed by atoms with Gasteiger partial charge in [0.25, 0.3) is 0 Å². The van der Waals surface area contributed by atoms with Crippen LogP contribution in [0.4, 0.5) is 5.69 Å². The number of amides is 1. The summed E-state index contributed by atoms with van der Waals surface area (Å²) < 4.78 is 27.9. The molecular weight excluding hydrogens is 374 g/mol. The van der Waals surface area contributed by atoms with E-state index in [1.54, 1.807) is 29.4 Å². The maximum absolute atomic E-state index is 13.1. The van der Waals surface area contributed by atoms with E-state index in [1.165, 1.54) is 0 Å². The molecular formula is C21H35N3O3S. The van der Waals surface area contributed by atoms with E-state index < -0.39 is 10.0 Å². The van der Waals surface area contributed by atoms with E-state index >= 15 is 0 Å². The van der Waals surface area contributed by atoms with Crippen molar-refractivity contribution < 1.29 is 13.2 Å². The summed E-state index contributed by atoms with van der Waals surface area (Å²) in [5, 5.41) is 2.87. The molecule has 1 amide bonds. The molecule has 1 fully saturated rings. The van der Waals surface area contributed by atoms with Crippen molar-refractivity contribution in [3.8, 4) is 0 Å². The Morgan fingerprint density at radius 1 is 1.14 bits per heavy atom. The van der Waals surface area contributed by atoms with Crippen LogP contribution in [0.2, 0.25) is 0 Å². The van der Waals surface area contributed by atoms with Crippen LogP contribution < -0.4 is 5.32 Å². The van der Waals surface area contributed by atoms with Gasteiger partial charge in [0.1, 0.15) is 0 Å². The molecule has 0 atom stereocenters. The zero-order valence-electron chi connectivity index (χ0n) is 17.7. The van der Waals surface area contributed by atoms with Crippen molar-refractivity contribution in [2.75, 3.05) is 32.0 Å². The minimum Gasteiger partial charge on any atom is -0.325 e. The Hall–Kier alpha value is -1.44. The first-order chi connectivity index (χ1) is 13.3. The summed E-state index contributed by atoms with van der Waals surface area (Å²) in [7, 11) is -1.60. The number of anilines is 1. The summed E-state index contributed by atoms with van der Waals surface area (Å²) in [5.74, 6) is -0.128. The highest BCUT2D eigenvalue weighted by molar-refractivity contribution is 7.89. The van der Waals surface area contributed by atoms with Gasteiger partial charge < -0.3 is 5.32 Å². The highest BCUT2D eigenvalue weighted by Gasteiger charge is 2.27. The fourth-order valence-electron chi connectivity index (χ4n) is 3.85. The molecule has 1 aliphatic rings. The Labute approximate surface area is 170 Å². The van der Waals surface area contributed by atoms with Gasteiger partial charge in [-0.25, -0.2) is 8.42 Å². The number of aryl methyl sites for hydroxylation is 1. The number of hydrogen-bond acceptors (Lipinski definition) is 4. The maximum atomic E-state index is 13.1. The first-order valence-corrected chi connectivity index (χ1v) is 11.8. The van der Waals surface area contributed by atoms with Crippen molar-refractivity contribution in [3.05, 3.63) is 23.8 Å². The smallest absolute Gasteiger partial charge is 0.243 e. The number of nitrogens with one attached hydrogen (secondary N) is 1. The highest BCUT2D eigenvalue weighted by Crippen LogP contribution is 2.26. The topological polar surface area (TPSA) is 69.7 Å². The van der Waals surface area contributed by atoms with Crippen molar-refractivity contribution in [1.82, 2.24) is 9.21 Å². The predicted molar refractivity (Wildman–Crippen MR) is 114 cm³/mol. The van der Waals surface area contributed by atoms with Crippen LogP contribution >= 0.6 is 0 Å². The van der Waals surface area contributed by atoms with Crippen molar-refractivity contribution in [3.63, 3.8) is 0 Å². The second-order valence-electron chi connectivity index (χ2n) is 7.73. The molecule has 1 heterocycles. The average Bonchev–Trinajstić information content (AvgIpc) is 2.94. The molecule has 0 bridgehead atoms. The zero-order chi connectivity index (χ0) is 20.7. The van der Waals surface area contributed by atoms with Crippen LogP contribution in [-0.4, -0.2) is 56.3 Å². The standard InChI is InChI=1S/C21H35N3O3S/c1-5-19(6-2)23(4)16-21(25)22-18-12-11-17(3)20(15-18)28(26,27)24-13-9-7-8-10-14-24/h11-12,15,19H,5-10,13-14,16H2,1-4H3,(H,22,25). The largest absolute Gasteiger partial charge is 0.325 e. The summed E-state index contributed by atoms with van der Waals surface area (Å²) >= 11 is 0. The summed E-state index contributed by atoms with van der Waals surface area (Å²) in [6, 6.07) is 5.50. The highest BCUT2D eigenvalue weighted by atomic mass is 32.2. The summed E-state index contributed by atoms with van der Waals surface area (Å²) in [6.07, 6.45) is 5.93. The second-order valence-corrected chi connectivity index (χ2v) is 9.64. The summed E-state index contributed by atoms with van der Waals surface area (Å²) in [6.45, 7) is 7.45. The lowest BCUT2D eigenvalue weighted by molar-refractivity contribution is -0.117. The number of sulfonamides is 1. The van der Waals surface area contributed by atoms with Crippen LogP contribution in [0.3, 0.4) is 0 Å². The van der Waals surface area contributed by atoms with Crippen LogP contribution in [0.15, 0.2) is 23.1 Å². The number of carbonyl (C=O) groups is 1. The van der Waals surface area contributed by atoms with Crippen molar-refractivity contribution in [2.24, 2.45) is 0 Å². The third-order valence-corrected chi connectivity index (χ3v) is 7.65. The Balaban J connectivity index is 2.15. The van der Waals surface area contributed by atoms with Crippen LogP contribution in [0, 0.1) is 6.92 Å². The van der Waals surface area contributed by atoms with Gasteiger partial charge in [-0.15, -0.1) is 0 Å². The molecule has 0 aromatic heterocycles. The number of carbonyl (C=O) groups excluding carboxylic acids is 1. The minimum absolute atomic E-state index is 0.128. The van der Waals surface area contributed by atoms with E-state index in [-0.39, 0.29) is 12.5 Å². The van der Waals surface area contributed by atoms with Crippen LogP contribution in [-0.2, 0) is 14.8 Å². The first-order valence-electron chi connectivity index (χ1n) is 10.4. The monoisotopic (exact) mass is 409 g/mol. The van der Waals surface area contributed by atoms with Gasteiger partial charge in [0.15, 0.2) is 0 Å². The van der Waals surface area contributed by atoms with Gasteiger partial charge in [0.05, 0.1) is 11.4 Å². The van der Waals surface area contributed by atoms with Gasteiger partial charge in [-0.2, -0.15) is 4.31 Å². The molecule has 0 saturated carbocycles. The predicted octanol–water partition coefficient (Wildman–Crippen LogP) is 3.62. The first kappa shape index (κ1) is 22.8. The summed E-state index contributed by atoms with van der Waals surface area (Å²) in [5.41, 5.74) is 1.23. The zero-order valence-corrected chi connectivity index (χ0v) is 18.5. The van der Waals surface area contributed by atoms with E-state index in [4.69, 9.17) is 0 Å². The van der Waals surface area contributed by atoms with Gasteiger partial charge in [0, 0.05) is 24.8 Å². The average molecular weight is 410 g/mol. The molecule has 6 nitrogen and oxygen atoms in total. The third kappa shape index (κ3) is 5.78. The quantitative estimate of drug-likeness (QED) is 0.712. The Bertz CT molecular complexity index is 752. The van der Waals surface area contributed by atoms with Crippen LogP contribution in [0.5, 0.6) is 0 Å². The SMILES string of the molecule is CCC(CC)N(C)CC(=O)Nc1ccc(C)c(S(=O)(=O)N2CCCCCC2)c1. The van der Waals surface area contributed by atoms with E-state index in [0.29, 0.717) is 35.3 Å². The lowest BCUT2D eigenvalue weighted by atomic mass is 10.1. The fraction of sp³-hybridized carbons (Fsp3) is 0.667. The molecule has 1 saturated heterocycles. The molecule has 2 rings (SSSR count). The van der Waals surface area contributed by atoms with Gasteiger partial charge in [-0.1, -0.05) is 32.8 Å². The number of hydrogen-bond donors (Lipinski definition) is 1. The third-order valence-electron chi connectivity index (χ3n) is 5.61. The molecule has 0 unspecified atom stereocenters. The molecule has 1 N–H and O–H groups in total. The van der Waals surface area contributed by atoms with Crippen LogP contribution in [0.1, 0.15) is 57.9 Å². The number of rotatable bonds is 8. The summed E-state index contributed by atoms with van der Waals surface area (Å²) in [4.78, 5) is 14.8.